The lowest BCUT2D eigenvalue weighted by atomic mass is 9.62. The quantitative estimate of drug-likeness (QED) is 0.750. The number of benzene rings is 1. The SMILES string of the molecule is CCOC(=O)CC1(c2cccc(F)c2)CCC1. The topological polar surface area (TPSA) is 26.3 Å². The van der Waals surface area contributed by atoms with Crippen LogP contribution in [0.1, 0.15) is 38.2 Å². The van der Waals surface area contributed by atoms with E-state index in [0.29, 0.717) is 13.0 Å². The maximum Gasteiger partial charge on any atom is 0.306 e. The molecule has 0 spiro atoms. The molecule has 3 heteroatoms. The molecule has 0 unspecified atom stereocenters. The molecular formula is C14H17FO2. The van der Waals surface area contributed by atoms with E-state index in [4.69, 9.17) is 4.74 Å². The van der Waals surface area contributed by atoms with Crippen LogP contribution in [0, 0.1) is 5.82 Å². The molecule has 0 bridgehead atoms. The Bertz CT molecular complexity index is 410. The number of hydrogen-bond acceptors (Lipinski definition) is 2. The zero-order valence-electron chi connectivity index (χ0n) is 10.0. The second-order valence-corrected chi connectivity index (χ2v) is 4.63. The maximum atomic E-state index is 13.2. The molecule has 0 aromatic heterocycles. The van der Waals surface area contributed by atoms with Crippen molar-refractivity contribution in [1.82, 2.24) is 0 Å². The average Bonchev–Trinajstić information content (AvgIpc) is 2.24. The molecule has 0 N–H and O–H groups in total. The Kier molecular flexibility index (Phi) is 3.46. The van der Waals surface area contributed by atoms with E-state index in [1.54, 1.807) is 19.1 Å². The summed E-state index contributed by atoms with van der Waals surface area (Å²) in [7, 11) is 0. The van der Waals surface area contributed by atoms with Crippen molar-refractivity contribution >= 4 is 5.97 Å². The van der Waals surface area contributed by atoms with E-state index in [0.717, 1.165) is 24.8 Å². The summed E-state index contributed by atoms with van der Waals surface area (Å²) in [6, 6.07) is 6.58. The predicted molar refractivity (Wildman–Crippen MR) is 63.2 cm³/mol. The lowest BCUT2D eigenvalue weighted by Gasteiger charge is -2.41. The minimum absolute atomic E-state index is 0.184. The van der Waals surface area contributed by atoms with Gasteiger partial charge in [0, 0.05) is 5.41 Å². The highest BCUT2D eigenvalue weighted by molar-refractivity contribution is 5.71. The molecule has 2 nitrogen and oxygen atoms in total. The molecule has 1 aliphatic rings. The average molecular weight is 236 g/mol. The third-order valence-electron chi connectivity index (χ3n) is 3.54. The van der Waals surface area contributed by atoms with E-state index in [-0.39, 0.29) is 17.2 Å². The van der Waals surface area contributed by atoms with E-state index in [1.807, 2.05) is 6.07 Å². The first kappa shape index (κ1) is 12.1. The molecule has 2 rings (SSSR count). The largest absolute Gasteiger partial charge is 0.466 e. The Labute approximate surface area is 101 Å². The molecule has 1 aliphatic carbocycles. The van der Waals surface area contributed by atoms with Gasteiger partial charge < -0.3 is 4.74 Å². The van der Waals surface area contributed by atoms with Crippen LogP contribution in [0.2, 0.25) is 0 Å². The Morgan fingerprint density at radius 2 is 2.24 bits per heavy atom. The minimum atomic E-state index is -0.238. The smallest absolute Gasteiger partial charge is 0.306 e. The lowest BCUT2D eigenvalue weighted by molar-refractivity contribution is -0.145. The molecule has 92 valence electrons. The van der Waals surface area contributed by atoms with E-state index < -0.39 is 0 Å². The molecule has 0 amide bonds. The number of carbonyl (C=O) groups excluding carboxylic acids is 1. The van der Waals surface area contributed by atoms with Gasteiger partial charge in [0.15, 0.2) is 0 Å². The van der Waals surface area contributed by atoms with Crippen molar-refractivity contribution in [2.75, 3.05) is 6.61 Å². The van der Waals surface area contributed by atoms with Gasteiger partial charge >= 0.3 is 5.97 Å². The normalized spacial score (nSPS) is 17.3. The number of ether oxygens (including phenoxy) is 1. The standard InChI is InChI=1S/C14H17FO2/c1-2-17-13(16)10-14(7-4-8-14)11-5-3-6-12(15)9-11/h3,5-6,9H,2,4,7-8,10H2,1H3. The minimum Gasteiger partial charge on any atom is -0.466 e. The van der Waals surface area contributed by atoms with Gasteiger partial charge in [-0.05, 0) is 37.5 Å². The molecule has 0 atom stereocenters. The van der Waals surface area contributed by atoms with Gasteiger partial charge in [-0.2, -0.15) is 0 Å². The summed E-state index contributed by atoms with van der Waals surface area (Å²) in [6.07, 6.45) is 3.34. The first-order valence-corrected chi connectivity index (χ1v) is 6.08. The van der Waals surface area contributed by atoms with Gasteiger partial charge in [-0.15, -0.1) is 0 Å². The molecule has 0 heterocycles. The van der Waals surface area contributed by atoms with Crippen LogP contribution in [0.15, 0.2) is 24.3 Å². The van der Waals surface area contributed by atoms with Gasteiger partial charge in [0.2, 0.25) is 0 Å². The summed E-state index contributed by atoms with van der Waals surface area (Å²) < 4.78 is 18.2. The fourth-order valence-corrected chi connectivity index (χ4v) is 2.48. The summed E-state index contributed by atoms with van der Waals surface area (Å²) >= 11 is 0. The number of hydrogen-bond donors (Lipinski definition) is 0. The molecule has 0 aliphatic heterocycles. The molecule has 1 aromatic rings. The molecule has 1 saturated carbocycles. The summed E-state index contributed by atoms with van der Waals surface area (Å²) in [4.78, 5) is 11.6. The van der Waals surface area contributed by atoms with Gasteiger partial charge in [-0.1, -0.05) is 18.6 Å². The number of rotatable bonds is 4. The van der Waals surface area contributed by atoms with Crippen molar-refractivity contribution in [3.05, 3.63) is 35.6 Å². The van der Waals surface area contributed by atoms with Crippen molar-refractivity contribution in [2.24, 2.45) is 0 Å². The Balaban J connectivity index is 2.17. The predicted octanol–water partition coefficient (Wildman–Crippen LogP) is 3.20. The first-order chi connectivity index (χ1) is 8.16. The Hall–Kier alpha value is -1.38. The molecule has 0 saturated heterocycles. The molecule has 0 radical (unpaired) electrons. The Morgan fingerprint density at radius 1 is 1.47 bits per heavy atom. The van der Waals surface area contributed by atoms with Crippen LogP contribution in [0.25, 0.3) is 0 Å². The molecule has 1 fully saturated rings. The van der Waals surface area contributed by atoms with Crippen LogP contribution in [-0.2, 0) is 14.9 Å². The van der Waals surface area contributed by atoms with Crippen molar-refractivity contribution < 1.29 is 13.9 Å². The van der Waals surface area contributed by atoms with Crippen LogP contribution >= 0.6 is 0 Å². The van der Waals surface area contributed by atoms with Crippen molar-refractivity contribution in [3.63, 3.8) is 0 Å². The van der Waals surface area contributed by atoms with Crippen LogP contribution in [-0.4, -0.2) is 12.6 Å². The zero-order chi connectivity index (χ0) is 12.3. The maximum absolute atomic E-state index is 13.2. The van der Waals surface area contributed by atoms with Gasteiger partial charge in [0.05, 0.1) is 13.0 Å². The van der Waals surface area contributed by atoms with E-state index in [9.17, 15) is 9.18 Å². The number of carbonyl (C=O) groups is 1. The van der Waals surface area contributed by atoms with Crippen LogP contribution in [0.3, 0.4) is 0 Å². The highest BCUT2D eigenvalue weighted by Gasteiger charge is 2.41. The van der Waals surface area contributed by atoms with Crippen molar-refractivity contribution in [1.29, 1.82) is 0 Å². The van der Waals surface area contributed by atoms with Crippen LogP contribution in [0.5, 0.6) is 0 Å². The van der Waals surface area contributed by atoms with Gasteiger partial charge in [0.1, 0.15) is 5.82 Å². The van der Waals surface area contributed by atoms with Gasteiger partial charge in [-0.3, -0.25) is 4.79 Å². The summed E-state index contributed by atoms with van der Waals surface area (Å²) in [6.45, 7) is 2.20. The molecular weight excluding hydrogens is 219 g/mol. The van der Waals surface area contributed by atoms with E-state index in [1.165, 1.54) is 6.07 Å². The Morgan fingerprint density at radius 3 is 2.76 bits per heavy atom. The molecule has 1 aromatic carbocycles. The van der Waals surface area contributed by atoms with Crippen LogP contribution in [0.4, 0.5) is 4.39 Å². The monoisotopic (exact) mass is 236 g/mol. The van der Waals surface area contributed by atoms with Crippen molar-refractivity contribution in [3.8, 4) is 0 Å². The highest BCUT2D eigenvalue weighted by Crippen LogP contribution is 2.46. The van der Waals surface area contributed by atoms with Gasteiger partial charge in [0.25, 0.3) is 0 Å². The number of halogens is 1. The second-order valence-electron chi connectivity index (χ2n) is 4.63. The summed E-state index contributed by atoms with van der Waals surface area (Å²) in [5.41, 5.74) is 0.741. The fourth-order valence-electron chi connectivity index (χ4n) is 2.48. The highest BCUT2D eigenvalue weighted by atomic mass is 19.1. The third kappa shape index (κ3) is 2.48. The summed E-state index contributed by atoms with van der Waals surface area (Å²) in [5.74, 6) is -0.422. The summed E-state index contributed by atoms with van der Waals surface area (Å²) in [5, 5.41) is 0. The molecule has 17 heavy (non-hydrogen) atoms. The second kappa shape index (κ2) is 4.86. The van der Waals surface area contributed by atoms with Crippen molar-refractivity contribution in [2.45, 2.75) is 38.0 Å². The van der Waals surface area contributed by atoms with Crippen LogP contribution < -0.4 is 0 Å². The van der Waals surface area contributed by atoms with E-state index >= 15 is 0 Å². The first-order valence-electron chi connectivity index (χ1n) is 6.08. The van der Waals surface area contributed by atoms with Gasteiger partial charge in [-0.25, -0.2) is 4.39 Å². The zero-order valence-corrected chi connectivity index (χ0v) is 10.0. The fraction of sp³-hybridized carbons (Fsp3) is 0.500. The number of esters is 1. The third-order valence-corrected chi connectivity index (χ3v) is 3.54. The van der Waals surface area contributed by atoms with E-state index in [2.05, 4.69) is 0 Å². The lowest BCUT2D eigenvalue weighted by Crippen LogP contribution is -2.37.